The third-order valence-electron chi connectivity index (χ3n) is 2.94. The molecule has 1 aromatic heterocycles. The Kier molecular flexibility index (Phi) is 3.16. The van der Waals surface area contributed by atoms with Gasteiger partial charge in [-0.1, -0.05) is 29.8 Å². The maximum atomic E-state index is 11.1. The molecule has 2 aromatic carbocycles. The molecule has 0 amide bonds. The highest BCUT2D eigenvalue weighted by Gasteiger charge is 2.14. The minimum atomic E-state index is -1.02. The van der Waals surface area contributed by atoms with E-state index >= 15 is 0 Å². The number of halogens is 1. The van der Waals surface area contributed by atoms with E-state index in [1.807, 2.05) is 18.2 Å². The molecule has 0 aliphatic rings. The van der Waals surface area contributed by atoms with E-state index in [0.29, 0.717) is 28.4 Å². The Labute approximate surface area is 119 Å². The second-order valence-electron chi connectivity index (χ2n) is 4.37. The molecule has 100 valence electrons. The SMILES string of the molecule is O=C(O)c1cccc2oc(Cc3cccc(Cl)c3)nc12. The van der Waals surface area contributed by atoms with Crippen LogP contribution in [0, 0.1) is 0 Å². The number of carbonyl (C=O) groups is 1. The number of oxazole rings is 1. The Balaban J connectivity index is 2.01. The lowest BCUT2D eigenvalue weighted by atomic mass is 10.1. The van der Waals surface area contributed by atoms with Crippen LogP contribution in [0.4, 0.5) is 0 Å². The second-order valence-corrected chi connectivity index (χ2v) is 4.81. The van der Waals surface area contributed by atoms with Crippen molar-refractivity contribution in [1.82, 2.24) is 4.98 Å². The van der Waals surface area contributed by atoms with Gasteiger partial charge in [0.2, 0.25) is 0 Å². The number of nitrogens with zero attached hydrogens (tertiary/aromatic N) is 1. The van der Waals surface area contributed by atoms with Crippen molar-refractivity contribution in [2.75, 3.05) is 0 Å². The minimum Gasteiger partial charge on any atom is -0.478 e. The molecule has 5 heteroatoms. The summed E-state index contributed by atoms with van der Waals surface area (Å²) in [5, 5.41) is 9.76. The maximum Gasteiger partial charge on any atom is 0.338 e. The molecule has 0 aliphatic carbocycles. The highest BCUT2D eigenvalue weighted by atomic mass is 35.5. The zero-order chi connectivity index (χ0) is 14.1. The van der Waals surface area contributed by atoms with E-state index in [2.05, 4.69) is 4.98 Å². The zero-order valence-corrected chi connectivity index (χ0v) is 11.1. The summed E-state index contributed by atoms with van der Waals surface area (Å²) in [6.45, 7) is 0. The molecule has 0 radical (unpaired) electrons. The molecule has 3 aromatic rings. The van der Waals surface area contributed by atoms with Crippen LogP contribution in [0.15, 0.2) is 46.9 Å². The number of hydrogen-bond donors (Lipinski definition) is 1. The first kappa shape index (κ1) is 12.7. The summed E-state index contributed by atoms with van der Waals surface area (Å²) in [6.07, 6.45) is 0.467. The third kappa shape index (κ3) is 2.38. The standard InChI is InChI=1S/C15H10ClNO3/c16-10-4-1-3-9(7-10)8-13-17-14-11(15(18)19)5-2-6-12(14)20-13/h1-7H,8H2,(H,18,19). The van der Waals surface area contributed by atoms with Crippen LogP contribution in [0.25, 0.3) is 11.1 Å². The summed E-state index contributed by atoms with van der Waals surface area (Å²) < 4.78 is 5.59. The average molecular weight is 288 g/mol. The van der Waals surface area contributed by atoms with Gasteiger partial charge in [-0.15, -0.1) is 0 Å². The van der Waals surface area contributed by atoms with Gasteiger partial charge in [0.25, 0.3) is 0 Å². The summed E-state index contributed by atoms with van der Waals surface area (Å²) in [4.78, 5) is 15.4. The Hall–Kier alpha value is -2.33. The van der Waals surface area contributed by atoms with E-state index in [9.17, 15) is 4.79 Å². The lowest BCUT2D eigenvalue weighted by Gasteiger charge is -1.97. The van der Waals surface area contributed by atoms with E-state index in [-0.39, 0.29) is 5.56 Å². The molecule has 4 nitrogen and oxygen atoms in total. The zero-order valence-electron chi connectivity index (χ0n) is 10.3. The molecule has 0 atom stereocenters. The summed E-state index contributed by atoms with van der Waals surface area (Å²) >= 11 is 5.93. The van der Waals surface area contributed by atoms with E-state index in [0.717, 1.165) is 5.56 Å². The number of para-hydroxylation sites is 1. The molecule has 0 fully saturated rings. The van der Waals surface area contributed by atoms with Crippen LogP contribution >= 0.6 is 11.6 Å². The Bertz CT molecular complexity index is 795. The second kappa shape index (κ2) is 4.98. The first-order valence-corrected chi connectivity index (χ1v) is 6.37. The maximum absolute atomic E-state index is 11.1. The predicted octanol–water partition coefficient (Wildman–Crippen LogP) is 3.77. The molecule has 1 heterocycles. The lowest BCUT2D eigenvalue weighted by Crippen LogP contribution is -1.97. The smallest absolute Gasteiger partial charge is 0.338 e. The number of benzene rings is 2. The average Bonchev–Trinajstić information content (AvgIpc) is 2.80. The molecular formula is C15H10ClNO3. The van der Waals surface area contributed by atoms with E-state index in [4.69, 9.17) is 21.1 Å². The minimum absolute atomic E-state index is 0.142. The van der Waals surface area contributed by atoms with Crippen molar-refractivity contribution in [2.45, 2.75) is 6.42 Å². The van der Waals surface area contributed by atoms with Crippen molar-refractivity contribution in [1.29, 1.82) is 0 Å². The molecule has 1 N–H and O–H groups in total. The summed E-state index contributed by atoms with van der Waals surface area (Å²) in [5.74, 6) is -0.547. The largest absolute Gasteiger partial charge is 0.478 e. The van der Waals surface area contributed by atoms with Crippen molar-refractivity contribution in [2.24, 2.45) is 0 Å². The van der Waals surface area contributed by atoms with Gasteiger partial charge in [-0.3, -0.25) is 0 Å². The molecule has 0 unspecified atom stereocenters. The number of aromatic nitrogens is 1. The number of carboxylic acid groups (broad SMARTS) is 1. The van der Waals surface area contributed by atoms with Crippen LogP contribution < -0.4 is 0 Å². The Morgan fingerprint density at radius 1 is 1.25 bits per heavy atom. The van der Waals surface area contributed by atoms with Gasteiger partial charge >= 0.3 is 5.97 Å². The fourth-order valence-electron chi connectivity index (χ4n) is 2.06. The van der Waals surface area contributed by atoms with Crippen molar-refractivity contribution < 1.29 is 14.3 Å². The van der Waals surface area contributed by atoms with Gasteiger partial charge < -0.3 is 9.52 Å². The molecule has 0 bridgehead atoms. The highest BCUT2D eigenvalue weighted by molar-refractivity contribution is 6.30. The van der Waals surface area contributed by atoms with Crippen LogP contribution in [0.1, 0.15) is 21.8 Å². The fraction of sp³-hybridized carbons (Fsp3) is 0.0667. The Morgan fingerprint density at radius 3 is 2.80 bits per heavy atom. The molecule has 3 rings (SSSR count). The van der Waals surface area contributed by atoms with Gasteiger partial charge in [-0.2, -0.15) is 0 Å². The first-order valence-electron chi connectivity index (χ1n) is 5.99. The van der Waals surface area contributed by atoms with E-state index < -0.39 is 5.97 Å². The predicted molar refractivity (Wildman–Crippen MR) is 75.2 cm³/mol. The monoisotopic (exact) mass is 287 g/mol. The van der Waals surface area contributed by atoms with E-state index in [1.54, 1.807) is 18.2 Å². The third-order valence-corrected chi connectivity index (χ3v) is 3.17. The summed E-state index contributed by atoms with van der Waals surface area (Å²) in [5.41, 5.74) is 1.95. The summed E-state index contributed by atoms with van der Waals surface area (Å²) in [6, 6.07) is 12.2. The van der Waals surface area contributed by atoms with Crippen LogP contribution in [0.3, 0.4) is 0 Å². The molecule has 0 saturated carbocycles. The molecular weight excluding hydrogens is 278 g/mol. The highest BCUT2D eigenvalue weighted by Crippen LogP contribution is 2.22. The first-order chi connectivity index (χ1) is 9.63. The van der Waals surface area contributed by atoms with Crippen molar-refractivity contribution in [3.05, 3.63) is 64.5 Å². The summed E-state index contributed by atoms with van der Waals surface area (Å²) in [7, 11) is 0. The topological polar surface area (TPSA) is 63.3 Å². The molecule has 0 aliphatic heterocycles. The number of hydrogen-bond acceptors (Lipinski definition) is 3. The number of aromatic carboxylic acids is 1. The molecule has 0 spiro atoms. The lowest BCUT2D eigenvalue weighted by molar-refractivity contribution is 0.0699. The van der Waals surface area contributed by atoms with Gasteiger partial charge in [0.05, 0.1) is 5.56 Å². The fourth-order valence-corrected chi connectivity index (χ4v) is 2.28. The van der Waals surface area contributed by atoms with Gasteiger partial charge in [0.1, 0.15) is 5.52 Å². The van der Waals surface area contributed by atoms with E-state index in [1.165, 1.54) is 6.07 Å². The van der Waals surface area contributed by atoms with Crippen LogP contribution in [0.5, 0.6) is 0 Å². The van der Waals surface area contributed by atoms with Crippen LogP contribution in [-0.2, 0) is 6.42 Å². The van der Waals surface area contributed by atoms with Gasteiger partial charge in [0.15, 0.2) is 11.5 Å². The number of carboxylic acids is 1. The van der Waals surface area contributed by atoms with Crippen molar-refractivity contribution in [3.8, 4) is 0 Å². The van der Waals surface area contributed by atoms with Crippen molar-refractivity contribution >= 4 is 28.7 Å². The van der Waals surface area contributed by atoms with Crippen LogP contribution in [-0.4, -0.2) is 16.1 Å². The molecule has 0 saturated heterocycles. The Morgan fingerprint density at radius 2 is 2.05 bits per heavy atom. The van der Waals surface area contributed by atoms with Gasteiger partial charge in [0, 0.05) is 11.4 Å². The quantitative estimate of drug-likeness (QED) is 0.796. The van der Waals surface area contributed by atoms with Crippen LogP contribution in [0.2, 0.25) is 5.02 Å². The van der Waals surface area contributed by atoms with Gasteiger partial charge in [-0.05, 0) is 29.8 Å². The van der Waals surface area contributed by atoms with Gasteiger partial charge in [-0.25, -0.2) is 9.78 Å². The number of rotatable bonds is 3. The van der Waals surface area contributed by atoms with Crippen molar-refractivity contribution in [3.63, 3.8) is 0 Å². The molecule has 20 heavy (non-hydrogen) atoms. The normalized spacial score (nSPS) is 10.8. The number of fused-ring (bicyclic) bond motifs is 1.